The molecule has 0 N–H and O–H groups in total. The van der Waals surface area contributed by atoms with Crippen LogP contribution in [-0.4, -0.2) is 13.3 Å². The van der Waals surface area contributed by atoms with Crippen LogP contribution in [0.5, 0.6) is 5.75 Å². The molecule has 158 valence electrons. The first-order valence-electron chi connectivity index (χ1n) is 10.4. The Morgan fingerprint density at radius 1 is 0.677 bits per heavy atom. The van der Waals surface area contributed by atoms with Crippen molar-refractivity contribution in [3.63, 3.8) is 0 Å². The van der Waals surface area contributed by atoms with Gasteiger partial charge in [-0.15, -0.1) is 0 Å². The zero-order chi connectivity index (χ0) is 21.5. The van der Waals surface area contributed by atoms with Crippen molar-refractivity contribution >= 4 is 34.8 Å². The fraction of sp³-hybridized carbons (Fsp3) is 0.111. The van der Waals surface area contributed by atoms with Gasteiger partial charge in [-0.05, 0) is 0 Å². The Hall–Kier alpha value is -2.67. The second-order valence-corrected chi connectivity index (χ2v) is 11.8. The van der Waals surface area contributed by atoms with Gasteiger partial charge in [0.05, 0.1) is 0 Å². The molecule has 0 saturated carbocycles. The van der Waals surface area contributed by atoms with Gasteiger partial charge in [-0.1, -0.05) is 0 Å². The molecular formula is C27H25ClFOP. The molecule has 4 aromatic carbocycles. The Balaban J connectivity index is 1.95. The molecule has 0 aromatic heterocycles. The number of rotatable bonds is 8. The van der Waals surface area contributed by atoms with E-state index in [1.54, 1.807) is 0 Å². The molecule has 31 heavy (non-hydrogen) atoms. The second-order valence-electron chi connectivity index (χ2n) is 7.51. The van der Waals surface area contributed by atoms with E-state index in [4.69, 9.17) is 16.3 Å². The summed E-state index contributed by atoms with van der Waals surface area (Å²) in [6.45, 7) is -0.444. The summed E-state index contributed by atoms with van der Waals surface area (Å²) >= 11 is 6.17. The van der Waals surface area contributed by atoms with Crippen molar-refractivity contribution in [3.8, 4) is 5.75 Å². The van der Waals surface area contributed by atoms with Gasteiger partial charge in [0.1, 0.15) is 0 Å². The normalized spacial score (nSPS) is 11.8. The number of hydrogen-bond acceptors (Lipinski definition) is 1. The van der Waals surface area contributed by atoms with E-state index in [-0.39, 0.29) is 6.61 Å². The maximum absolute atomic E-state index is 12.7. The zero-order valence-electron chi connectivity index (χ0n) is 17.2. The molecule has 0 atom stereocenters. The van der Waals surface area contributed by atoms with Crippen LogP contribution in [0.25, 0.3) is 0 Å². The van der Waals surface area contributed by atoms with Crippen LogP contribution in [0.3, 0.4) is 0 Å². The van der Waals surface area contributed by atoms with Gasteiger partial charge < -0.3 is 0 Å². The third-order valence-electron chi connectivity index (χ3n) is 5.59. The second kappa shape index (κ2) is 10.1. The van der Waals surface area contributed by atoms with Gasteiger partial charge in [0.2, 0.25) is 0 Å². The third-order valence-corrected chi connectivity index (χ3v) is 10.7. The molecule has 1 nitrogen and oxygen atoms in total. The Morgan fingerprint density at radius 2 is 1.26 bits per heavy atom. The quantitative estimate of drug-likeness (QED) is 0.303. The summed E-state index contributed by atoms with van der Waals surface area (Å²) in [5.74, 6) is 0.704. The van der Waals surface area contributed by atoms with Crippen LogP contribution in [0.1, 0.15) is 5.56 Å². The van der Waals surface area contributed by atoms with E-state index >= 15 is 0 Å². The predicted octanol–water partition coefficient (Wildman–Crippen LogP) is 5.91. The number of alkyl halides is 1. The molecule has 0 amide bonds. The van der Waals surface area contributed by atoms with Gasteiger partial charge >= 0.3 is 189 Å². The van der Waals surface area contributed by atoms with Crippen molar-refractivity contribution in [2.45, 2.75) is 6.16 Å². The van der Waals surface area contributed by atoms with E-state index in [9.17, 15) is 4.39 Å². The first-order chi connectivity index (χ1) is 15.2. The molecule has 0 bridgehead atoms. The van der Waals surface area contributed by atoms with E-state index in [0.717, 1.165) is 11.2 Å². The molecule has 0 saturated heterocycles. The Bertz CT molecular complexity index is 1060. The van der Waals surface area contributed by atoms with Crippen LogP contribution in [0.2, 0.25) is 5.02 Å². The van der Waals surface area contributed by atoms with Gasteiger partial charge in [0, 0.05) is 0 Å². The van der Waals surface area contributed by atoms with Gasteiger partial charge in [-0.3, -0.25) is 0 Å². The van der Waals surface area contributed by atoms with Crippen LogP contribution in [0.15, 0.2) is 109 Å². The number of halogens is 2. The molecule has 4 rings (SSSR count). The minimum atomic E-state index is -2.47. The van der Waals surface area contributed by atoms with Gasteiger partial charge in [0.25, 0.3) is 0 Å². The molecule has 4 aromatic rings. The summed E-state index contributed by atoms with van der Waals surface area (Å²) in [7, 11) is -2.47. The van der Waals surface area contributed by atoms with Crippen molar-refractivity contribution in [3.05, 3.63) is 120 Å². The summed E-state index contributed by atoms with van der Waals surface area (Å²) in [6.07, 6.45) is 0.880. The van der Waals surface area contributed by atoms with E-state index in [2.05, 4.69) is 84.9 Å². The Morgan fingerprint density at radius 3 is 1.84 bits per heavy atom. The minimum absolute atomic E-state index is 0.0614. The zero-order valence-corrected chi connectivity index (χ0v) is 18.9. The summed E-state index contributed by atoms with van der Waals surface area (Å²) in [5.41, 5.74) is 1.24. The summed E-state index contributed by atoms with van der Waals surface area (Å²) in [4.78, 5) is 0. The SMILES string of the molecule is FCCOc1cccc([PH](Cc2ccc(Cl)cc2)(c2ccccc2)c2ccccc2)c1. The topological polar surface area (TPSA) is 9.23 Å². The molecule has 0 spiro atoms. The standard InChI is InChI=1S/C27H25ClFOP/c28-23-16-14-22(15-17-23)21-31(25-9-3-1-4-10-25,26-11-5-2-6-12-26)27-13-7-8-24(20-27)30-19-18-29/h1-17,20,31H,18-19,21H2. The van der Waals surface area contributed by atoms with E-state index in [0.29, 0.717) is 5.75 Å². The number of benzene rings is 4. The first-order valence-corrected chi connectivity index (χ1v) is 13.0. The van der Waals surface area contributed by atoms with Gasteiger partial charge in [-0.2, -0.15) is 0 Å². The van der Waals surface area contributed by atoms with Crippen molar-refractivity contribution in [1.82, 2.24) is 0 Å². The van der Waals surface area contributed by atoms with Crippen molar-refractivity contribution in [2.75, 3.05) is 13.3 Å². The molecule has 4 heteroatoms. The molecule has 0 unspecified atom stereocenters. The van der Waals surface area contributed by atoms with E-state index < -0.39 is 13.9 Å². The fourth-order valence-corrected chi connectivity index (χ4v) is 9.05. The van der Waals surface area contributed by atoms with Crippen molar-refractivity contribution in [1.29, 1.82) is 0 Å². The number of hydrogen-bond donors (Lipinski definition) is 0. The number of ether oxygens (including phenoxy) is 1. The summed E-state index contributed by atoms with van der Waals surface area (Å²) < 4.78 is 18.4. The van der Waals surface area contributed by atoms with Crippen LogP contribution in [0.4, 0.5) is 4.39 Å². The monoisotopic (exact) mass is 450 g/mol. The molecule has 0 aliphatic carbocycles. The molecule has 0 aliphatic rings. The van der Waals surface area contributed by atoms with Crippen LogP contribution in [-0.2, 0) is 6.16 Å². The van der Waals surface area contributed by atoms with E-state index in [1.165, 1.54) is 21.5 Å². The Labute approximate surface area is 188 Å². The molecule has 0 radical (unpaired) electrons. The van der Waals surface area contributed by atoms with Gasteiger partial charge in [0.15, 0.2) is 0 Å². The average Bonchev–Trinajstić information content (AvgIpc) is 2.84. The Kier molecular flexibility index (Phi) is 7.02. The van der Waals surface area contributed by atoms with Crippen molar-refractivity contribution < 1.29 is 9.13 Å². The summed E-state index contributed by atoms with van der Waals surface area (Å²) in [5, 5.41) is 4.60. The van der Waals surface area contributed by atoms with Crippen LogP contribution < -0.4 is 20.7 Å². The van der Waals surface area contributed by atoms with Gasteiger partial charge in [-0.25, -0.2) is 0 Å². The predicted molar refractivity (Wildman–Crippen MR) is 133 cm³/mol. The molecule has 0 heterocycles. The fourth-order valence-electron chi connectivity index (χ4n) is 4.17. The van der Waals surface area contributed by atoms with Crippen LogP contribution >= 0.6 is 18.9 Å². The summed E-state index contributed by atoms with van der Waals surface area (Å²) in [6, 6.07) is 37.7. The first kappa shape index (κ1) is 21.6. The average molecular weight is 451 g/mol. The van der Waals surface area contributed by atoms with E-state index in [1.807, 2.05) is 24.3 Å². The molecule has 0 aliphatic heterocycles. The molecule has 0 fully saturated rings. The molecular weight excluding hydrogens is 426 g/mol. The van der Waals surface area contributed by atoms with Crippen molar-refractivity contribution in [2.24, 2.45) is 0 Å². The third kappa shape index (κ3) is 4.82. The maximum atomic E-state index is 12.7. The van der Waals surface area contributed by atoms with Crippen LogP contribution in [0, 0.1) is 0 Å².